The number of hydrogen-bond donors (Lipinski definition) is 1. The number of rotatable bonds is 4. The van der Waals surface area contributed by atoms with Gasteiger partial charge in [0.15, 0.2) is 21.4 Å². The van der Waals surface area contributed by atoms with E-state index >= 15 is 0 Å². The molecule has 6 heteroatoms. The summed E-state index contributed by atoms with van der Waals surface area (Å²) in [6.07, 6.45) is 0.931. The molecule has 1 unspecified atom stereocenters. The van der Waals surface area contributed by atoms with Crippen molar-refractivity contribution in [2.75, 3.05) is 20.0 Å². The van der Waals surface area contributed by atoms with Crippen molar-refractivity contribution in [3.05, 3.63) is 23.5 Å². The Bertz CT molecular complexity index is 510. The molecule has 96 valence electrons. The number of hydrogen-bond acceptors (Lipinski definition) is 4. The van der Waals surface area contributed by atoms with Gasteiger partial charge in [-0.1, -0.05) is 13.0 Å². The van der Waals surface area contributed by atoms with Gasteiger partial charge in [0, 0.05) is 24.3 Å². The Balaban J connectivity index is 3.48. The minimum Gasteiger partial charge on any atom is -0.493 e. The molecule has 0 saturated heterocycles. The van der Waals surface area contributed by atoms with Crippen molar-refractivity contribution < 1.29 is 22.7 Å². The number of aliphatic hydroxyl groups is 1. The first-order valence-corrected chi connectivity index (χ1v) is 6.89. The Labute approximate surface area is 100.0 Å². The molecule has 0 bridgehead atoms. The van der Waals surface area contributed by atoms with Crippen molar-refractivity contribution in [3.8, 4) is 5.75 Å². The zero-order chi connectivity index (χ0) is 13.2. The third-order valence-electron chi connectivity index (χ3n) is 2.50. The first kappa shape index (κ1) is 13.9. The van der Waals surface area contributed by atoms with Crippen molar-refractivity contribution in [2.45, 2.75) is 17.7 Å². The molecule has 0 saturated carbocycles. The molecule has 1 rings (SSSR count). The Kier molecular flexibility index (Phi) is 4.11. The average Bonchev–Trinajstić information content (AvgIpc) is 2.25. The number of sulfone groups is 1. The smallest absolute Gasteiger partial charge is 0.183 e. The summed E-state index contributed by atoms with van der Waals surface area (Å²) in [5.41, 5.74) is 0.444. The minimum absolute atomic E-state index is 0.130. The van der Waals surface area contributed by atoms with E-state index in [1.54, 1.807) is 6.92 Å². The van der Waals surface area contributed by atoms with Crippen molar-refractivity contribution in [2.24, 2.45) is 0 Å². The number of aliphatic hydroxyl groups excluding tert-OH is 1. The lowest BCUT2D eigenvalue weighted by Crippen LogP contribution is -2.08. The minimum atomic E-state index is -3.63. The summed E-state index contributed by atoms with van der Waals surface area (Å²) < 4.78 is 41.5. The topological polar surface area (TPSA) is 63.6 Å². The molecule has 1 aromatic rings. The maximum absolute atomic E-state index is 13.9. The molecular weight excluding hydrogens is 247 g/mol. The van der Waals surface area contributed by atoms with E-state index in [0.717, 1.165) is 6.26 Å². The predicted octanol–water partition coefficient (Wildman–Crippen LogP) is 1.33. The average molecular weight is 262 g/mol. The molecule has 0 spiro atoms. The van der Waals surface area contributed by atoms with Crippen LogP contribution in [0.5, 0.6) is 5.75 Å². The molecule has 0 aromatic heterocycles. The molecule has 17 heavy (non-hydrogen) atoms. The van der Waals surface area contributed by atoms with Gasteiger partial charge in [0.05, 0.1) is 7.11 Å². The molecule has 0 aliphatic carbocycles. The zero-order valence-corrected chi connectivity index (χ0v) is 10.7. The van der Waals surface area contributed by atoms with Crippen LogP contribution in [-0.2, 0) is 9.84 Å². The Morgan fingerprint density at radius 3 is 2.47 bits per heavy atom. The number of halogens is 1. The van der Waals surface area contributed by atoms with Gasteiger partial charge in [-0.2, -0.15) is 0 Å². The third kappa shape index (κ3) is 2.76. The quantitative estimate of drug-likeness (QED) is 0.889. The molecule has 1 aromatic carbocycles. The SMILES string of the molecule is COc1c(C(C)CO)ccc(S(C)(=O)=O)c1F. The van der Waals surface area contributed by atoms with Crippen LogP contribution in [0.15, 0.2) is 17.0 Å². The largest absolute Gasteiger partial charge is 0.493 e. The summed E-state index contributed by atoms with van der Waals surface area (Å²) in [6, 6.07) is 2.65. The second kappa shape index (κ2) is 5.01. The van der Waals surface area contributed by atoms with Crippen LogP contribution in [0.2, 0.25) is 0 Å². The Morgan fingerprint density at radius 2 is 2.06 bits per heavy atom. The van der Waals surface area contributed by atoms with E-state index in [2.05, 4.69) is 0 Å². The maximum atomic E-state index is 13.9. The van der Waals surface area contributed by atoms with E-state index in [-0.39, 0.29) is 18.3 Å². The van der Waals surface area contributed by atoms with Crippen molar-refractivity contribution >= 4 is 9.84 Å². The van der Waals surface area contributed by atoms with Crippen molar-refractivity contribution in [3.63, 3.8) is 0 Å². The third-order valence-corrected chi connectivity index (χ3v) is 3.61. The van der Waals surface area contributed by atoms with Crippen molar-refractivity contribution in [1.82, 2.24) is 0 Å². The van der Waals surface area contributed by atoms with E-state index < -0.39 is 20.5 Å². The van der Waals surface area contributed by atoms with Gasteiger partial charge in [0.2, 0.25) is 0 Å². The first-order chi connectivity index (χ1) is 7.82. The summed E-state index contributed by atoms with van der Waals surface area (Å²) in [6.45, 7) is 1.52. The highest BCUT2D eigenvalue weighted by Gasteiger charge is 2.22. The lowest BCUT2D eigenvalue weighted by molar-refractivity contribution is 0.268. The Morgan fingerprint density at radius 1 is 1.47 bits per heavy atom. The summed E-state index contributed by atoms with van der Waals surface area (Å²) in [7, 11) is -2.37. The lowest BCUT2D eigenvalue weighted by Gasteiger charge is -2.15. The van der Waals surface area contributed by atoms with Gasteiger partial charge in [0.1, 0.15) is 4.90 Å². The predicted molar refractivity (Wildman–Crippen MR) is 61.6 cm³/mol. The van der Waals surface area contributed by atoms with E-state index in [9.17, 15) is 12.8 Å². The summed E-state index contributed by atoms with van der Waals surface area (Å²) in [4.78, 5) is -0.400. The molecule has 0 heterocycles. The van der Waals surface area contributed by atoms with Gasteiger partial charge < -0.3 is 9.84 Å². The normalized spacial score (nSPS) is 13.5. The van der Waals surface area contributed by atoms with Crippen LogP contribution >= 0.6 is 0 Å². The molecular formula is C11H15FO4S. The van der Waals surface area contributed by atoms with Crippen molar-refractivity contribution in [1.29, 1.82) is 0 Å². The first-order valence-electron chi connectivity index (χ1n) is 5.00. The van der Waals surface area contributed by atoms with Gasteiger partial charge in [-0.05, 0) is 6.07 Å². The molecule has 0 fully saturated rings. The van der Waals surface area contributed by atoms with Gasteiger partial charge in [-0.25, -0.2) is 12.8 Å². The number of methoxy groups -OCH3 is 1. The second-order valence-electron chi connectivity index (χ2n) is 3.86. The highest BCUT2D eigenvalue weighted by Crippen LogP contribution is 2.32. The molecule has 1 N–H and O–H groups in total. The molecule has 0 amide bonds. The van der Waals surface area contributed by atoms with Crippen LogP contribution < -0.4 is 4.74 Å². The molecule has 0 radical (unpaired) electrons. The standard InChI is InChI=1S/C11H15FO4S/c1-7(6-13)8-4-5-9(17(3,14)15)10(12)11(8)16-2/h4-5,7,13H,6H2,1-3H3. The van der Waals surface area contributed by atoms with Gasteiger partial charge in [-0.15, -0.1) is 0 Å². The zero-order valence-electron chi connectivity index (χ0n) is 9.90. The maximum Gasteiger partial charge on any atom is 0.183 e. The number of ether oxygens (including phenoxy) is 1. The van der Waals surface area contributed by atoms with E-state index in [4.69, 9.17) is 9.84 Å². The van der Waals surface area contributed by atoms with Crippen LogP contribution in [0.4, 0.5) is 4.39 Å². The fraction of sp³-hybridized carbons (Fsp3) is 0.455. The molecule has 1 atom stereocenters. The van der Waals surface area contributed by atoms with E-state index in [1.165, 1.54) is 19.2 Å². The van der Waals surface area contributed by atoms with Crippen LogP contribution in [0, 0.1) is 5.82 Å². The molecule has 4 nitrogen and oxygen atoms in total. The lowest BCUT2D eigenvalue weighted by atomic mass is 10.0. The number of benzene rings is 1. The summed E-state index contributed by atoms with van der Waals surface area (Å²) >= 11 is 0. The van der Waals surface area contributed by atoms with Crippen LogP contribution in [-0.4, -0.2) is 33.5 Å². The molecule has 0 aliphatic heterocycles. The summed E-state index contributed by atoms with van der Waals surface area (Å²) in [5.74, 6) is -1.37. The molecule has 0 aliphatic rings. The summed E-state index contributed by atoms with van der Waals surface area (Å²) in [5, 5.41) is 9.03. The fourth-order valence-corrected chi connectivity index (χ4v) is 2.27. The highest BCUT2D eigenvalue weighted by atomic mass is 32.2. The highest BCUT2D eigenvalue weighted by molar-refractivity contribution is 7.90. The van der Waals surface area contributed by atoms with Gasteiger partial charge in [0.25, 0.3) is 0 Å². The van der Waals surface area contributed by atoms with Crippen LogP contribution in [0.25, 0.3) is 0 Å². The van der Waals surface area contributed by atoms with Gasteiger partial charge >= 0.3 is 0 Å². The fourth-order valence-electron chi connectivity index (χ4n) is 1.53. The van der Waals surface area contributed by atoms with E-state index in [0.29, 0.717) is 5.56 Å². The Hall–Kier alpha value is -1.14. The van der Waals surface area contributed by atoms with Crippen LogP contribution in [0.3, 0.4) is 0 Å². The second-order valence-corrected chi connectivity index (χ2v) is 5.84. The van der Waals surface area contributed by atoms with Gasteiger partial charge in [-0.3, -0.25) is 0 Å². The van der Waals surface area contributed by atoms with Crippen LogP contribution in [0.1, 0.15) is 18.4 Å². The monoisotopic (exact) mass is 262 g/mol. The van der Waals surface area contributed by atoms with E-state index in [1.807, 2.05) is 0 Å².